The van der Waals surface area contributed by atoms with Crippen molar-refractivity contribution in [2.24, 2.45) is 11.8 Å². The summed E-state index contributed by atoms with van der Waals surface area (Å²) in [5.74, 6) is 5.06. The summed E-state index contributed by atoms with van der Waals surface area (Å²) >= 11 is 0. The van der Waals surface area contributed by atoms with E-state index in [1.807, 2.05) is 18.2 Å². The second-order valence-electron chi connectivity index (χ2n) is 6.10. The Morgan fingerprint density at radius 1 is 1.20 bits per heavy atom. The van der Waals surface area contributed by atoms with Gasteiger partial charge < -0.3 is 10.1 Å². The molecule has 0 bridgehead atoms. The molecule has 0 aromatic heterocycles. The van der Waals surface area contributed by atoms with Crippen LogP contribution < -0.4 is 10.1 Å². The van der Waals surface area contributed by atoms with E-state index in [1.165, 1.54) is 24.8 Å². The smallest absolute Gasteiger partial charge is 0.148 e. The monoisotopic (exact) mass is 271 g/mol. The van der Waals surface area contributed by atoms with Gasteiger partial charge in [-0.15, -0.1) is 6.42 Å². The van der Waals surface area contributed by atoms with Gasteiger partial charge in [0.2, 0.25) is 0 Å². The molecule has 1 saturated carbocycles. The van der Waals surface area contributed by atoms with Gasteiger partial charge >= 0.3 is 0 Å². The molecule has 0 aliphatic heterocycles. The second-order valence-corrected chi connectivity index (χ2v) is 6.10. The first kappa shape index (κ1) is 14.9. The molecule has 1 aliphatic carbocycles. The van der Waals surface area contributed by atoms with Gasteiger partial charge in [0.25, 0.3) is 0 Å². The molecule has 2 heteroatoms. The number of terminal acetylenes is 1. The van der Waals surface area contributed by atoms with Gasteiger partial charge in [-0.2, -0.15) is 0 Å². The zero-order chi connectivity index (χ0) is 14.4. The van der Waals surface area contributed by atoms with Gasteiger partial charge in [0.15, 0.2) is 0 Å². The van der Waals surface area contributed by atoms with Crippen LogP contribution in [-0.2, 0) is 6.54 Å². The quantitative estimate of drug-likeness (QED) is 0.826. The minimum absolute atomic E-state index is 0.328. The van der Waals surface area contributed by atoms with Crippen LogP contribution in [0.3, 0.4) is 0 Å². The average molecular weight is 271 g/mol. The van der Waals surface area contributed by atoms with Crippen LogP contribution in [0.5, 0.6) is 5.75 Å². The lowest BCUT2D eigenvalue weighted by Gasteiger charge is -2.32. The Morgan fingerprint density at radius 2 is 1.90 bits per heavy atom. The molecule has 108 valence electrons. The SMILES string of the molecule is C#CCOc1ccccc1CNC1CC(C)CC(C)C1. The predicted octanol–water partition coefficient (Wildman–Crippen LogP) is 3.61. The Balaban J connectivity index is 1.92. The lowest BCUT2D eigenvalue weighted by atomic mass is 9.80. The fraction of sp³-hybridized carbons (Fsp3) is 0.556. The van der Waals surface area contributed by atoms with Crippen molar-refractivity contribution in [2.45, 2.75) is 45.7 Å². The van der Waals surface area contributed by atoms with Crippen LogP contribution >= 0.6 is 0 Å². The van der Waals surface area contributed by atoms with Crippen LogP contribution in [0.15, 0.2) is 24.3 Å². The van der Waals surface area contributed by atoms with Crippen molar-refractivity contribution in [3.63, 3.8) is 0 Å². The highest BCUT2D eigenvalue weighted by atomic mass is 16.5. The van der Waals surface area contributed by atoms with Gasteiger partial charge in [-0.05, 0) is 37.2 Å². The molecule has 1 aliphatic rings. The summed E-state index contributed by atoms with van der Waals surface area (Å²) in [6, 6.07) is 8.75. The van der Waals surface area contributed by atoms with Crippen molar-refractivity contribution in [2.75, 3.05) is 6.61 Å². The van der Waals surface area contributed by atoms with Crippen LogP contribution in [0.2, 0.25) is 0 Å². The number of benzene rings is 1. The summed E-state index contributed by atoms with van der Waals surface area (Å²) in [5.41, 5.74) is 1.19. The van der Waals surface area contributed by atoms with E-state index in [9.17, 15) is 0 Å². The molecule has 0 heterocycles. The summed E-state index contributed by atoms with van der Waals surface area (Å²) < 4.78 is 5.59. The Labute approximate surface area is 122 Å². The molecule has 0 spiro atoms. The van der Waals surface area contributed by atoms with Gasteiger partial charge in [-0.25, -0.2) is 0 Å². The highest BCUT2D eigenvalue weighted by Gasteiger charge is 2.23. The Kier molecular flexibility index (Phi) is 5.49. The van der Waals surface area contributed by atoms with Crippen LogP contribution in [0.4, 0.5) is 0 Å². The first-order chi connectivity index (χ1) is 9.69. The summed E-state index contributed by atoms with van der Waals surface area (Å²) in [5, 5.41) is 3.68. The summed E-state index contributed by atoms with van der Waals surface area (Å²) in [7, 11) is 0. The van der Waals surface area contributed by atoms with Gasteiger partial charge in [0, 0.05) is 18.2 Å². The molecule has 0 saturated heterocycles. The number of para-hydroxylation sites is 1. The van der Waals surface area contributed by atoms with Gasteiger partial charge in [-0.3, -0.25) is 0 Å². The Morgan fingerprint density at radius 3 is 2.60 bits per heavy atom. The molecule has 0 radical (unpaired) electrons. The first-order valence-corrected chi connectivity index (χ1v) is 7.56. The maximum atomic E-state index is 5.59. The number of nitrogens with one attached hydrogen (secondary N) is 1. The maximum absolute atomic E-state index is 5.59. The zero-order valence-corrected chi connectivity index (χ0v) is 12.6. The molecule has 1 aromatic rings. The molecule has 1 N–H and O–H groups in total. The van der Waals surface area contributed by atoms with Crippen molar-refractivity contribution >= 4 is 0 Å². The van der Waals surface area contributed by atoms with Crippen molar-refractivity contribution in [1.82, 2.24) is 5.32 Å². The van der Waals surface area contributed by atoms with Crippen molar-refractivity contribution in [3.8, 4) is 18.1 Å². The normalized spacial score (nSPS) is 25.9. The highest BCUT2D eigenvalue weighted by molar-refractivity contribution is 5.33. The molecule has 0 amide bonds. The third-order valence-corrected chi connectivity index (χ3v) is 4.04. The Bertz CT molecular complexity index is 453. The van der Waals surface area contributed by atoms with E-state index in [1.54, 1.807) is 0 Å². The molecule has 2 nitrogen and oxygen atoms in total. The van der Waals surface area contributed by atoms with E-state index >= 15 is 0 Å². The molecule has 1 fully saturated rings. The third kappa shape index (κ3) is 4.28. The van der Waals surface area contributed by atoms with E-state index in [2.05, 4.69) is 31.2 Å². The summed E-state index contributed by atoms with van der Waals surface area (Å²) in [6.45, 7) is 5.89. The van der Waals surface area contributed by atoms with Gasteiger partial charge in [0.05, 0.1) is 0 Å². The molecule has 20 heavy (non-hydrogen) atoms. The lowest BCUT2D eigenvalue weighted by Crippen LogP contribution is -2.36. The Hall–Kier alpha value is -1.46. The number of ether oxygens (including phenoxy) is 1. The zero-order valence-electron chi connectivity index (χ0n) is 12.6. The molecular weight excluding hydrogens is 246 g/mol. The third-order valence-electron chi connectivity index (χ3n) is 4.04. The second kappa shape index (κ2) is 7.36. The fourth-order valence-corrected chi connectivity index (χ4v) is 3.28. The van der Waals surface area contributed by atoms with Gasteiger partial charge in [-0.1, -0.05) is 38.0 Å². The minimum Gasteiger partial charge on any atom is -0.481 e. The summed E-state index contributed by atoms with van der Waals surface area (Å²) in [4.78, 5) is 0. The first-order valence-electron chi connectivity index (χ1n) is 7.56. The molecule has 1 aromatic carbocycles. The topological polar surface area (TPSA) is 21.3 Å². The average Bonchev–Trinajstić information content (AvgIpc) is 2.43. The van der Waals surface area contributed by atoms with Crippen molar-refractivity contribution < 1.29 is 4.74 Å². The number of rotatable bonds is 5. The van der Waals surface area contributed by atoms with Crippen LogP contribution in [0.25, 0.3) is 0 Å². The summed E-state index contributed by atoms with van der Waals surface area (Å²) in [6.07, 6.45) is 9.17. The molecule has 2 rings (SSSR count). The number of hydrogen-bond acceptors (Lipinski definition) is 2. The largest absolute Gasteiger partial charge is 0.481 e. The predicted molar refractivity (Wildman–Crippen MR) is 83.6 cm³/mol. The molecule has 2 unspecified atom stereocenters. The van der Waals surface area contributed by atoms with E-state index < -0.39 is 0 Å². The standard InChI is InChI=1S/C18H25NO/c1-4-9-20-18-8-6-5-7-16(18)13-19-17-11-14(2)10-15(3)12-17/h1,5-8,14-15,17,19H,9-13H2,2-3H3. The van der Waals surface area contributed by atoms with Crippen molar-refractivity contribution in [1.29, 1.82) is 0 Å². The van der Waals surface area contributed by atoms with Gasteiger partial charge in [0.1, 0.15) is 12.4 Å². The van der Waals surface area contributed by atoms with Crippen LogP contribution in [0, 0.1) is 24.2 Å². The fourth-order valence-electron chi connectivity index (χ4n) is 3.28. The highest BCUT2D eigenvalue weighted by Crippen LogP contribution is 2.29. The minimum atomic E-state index is 0.328. The van der Waals surface area contributed by atoms with Crippen molar-refractivity contribution in [3.05, 3.63) is 29.8 Å². The number of hydrogen-bond donors (Lipinski definition) is 1. The maximum Gasteiger partial charge on any atom is 0.148 e. The van der Waals surface area contributed by atoms with Crippen LogP contribution in [-0.4, -0.2) is 12.6 Å². The van der Waals surface area contributed by atoms with E-state index in [4.69, 9.17) is 11.2 Å². The van der Waals surface area contributed by atoms with E-state index in [0.29, 0.717) is 12.6 Å². The lowest BCUT2D eigenvalue weighted by molar-refractivity contribution is 0.237. The molecular formula is C18H25NO. The van der Waals surface area contributed by atoms with Crippen LogP contribution in [0.1, 0.15) is 38.7 Å². The van der Waals surface area contributed by atoms with E-state index in [0.717, 1.165) is 24.1 Å². The molecule has 2 atom stereocenters. The van der Waals surface area contributed by atoms with E-state index in [-0.39, 0.29) is 0 Å².